The summed E-state index contributed by atoms with van der Waals surface area (Å²) in [5.74, 6) is 1.50. The van der Waals surface area contributed by atoms with Gasteiger partial charge in [-0.05, 0) is 38.1 Å². The SMILES string of the molecule is CCN1CCCC1CN=C(N)NCCc1nc2ccccc2[nH]1.I. The number of rotatable bonds is 6. The Morgan fingerprint density at radius 3 is 3.08 bits per heavy atom. The Kier molecular flexibility index (Phi) is 7.29. The maximum absolute atomic E-state index is 5.97. The number of likely N-dealkylation sites (tertiary alicyclic amines) is 1. The van der Waals surface area contributed by atoms with Gasteiger partial charge in [-0.15, -0.1) is 24.0 Å². The number of hydrogen-bond acceptors (Lipinski definition) is 3. The van der Waals surface area contributed by atoms with Crippen molar-refractivity contribution in [2.75, 3.05) is 26.2 Å². The second kappa shape index (κ2) is 9.22. The van der Waals surface area contributed by atoms with Crippen LogP contribution in [0, 0.1) is 0 Å². The molecule has 1 aliphatic rings. The van der Waals surface area contributed by atoms with Gasteiger partial charge in [-0.1, -0.05) is 19.1 Å². The van der Waals surface area contributed by atoms with E-state index in [1.54, 1.807) is 0 Å². The molecular weight excluding hydrogens is 415 g/mol. The molecule has 7 heteroatoms. The maximum Gasteiger partial charge on any atom is 0.188 e. The van der Waals surface area contributed by atoms with Gasteiger partial charge >= 0.3 is 0 Å². The standard InChI is InChI=1S/C17H26N6.HI/c1-2-23-11-5-6-13(23)12-20-17(18)19-10-9-16-21-14-7-3-4-8-15(14)22-16;/h3-4,7-8,13H,2,5-6,9-12H2,1H3,(H,21,22)(H3,18,19,20);1H. The van der Waals surface area contributed by atoms with Crippen molar-refractivity contribution in [3.63, 3.8) is 0 Å². The molecule has 0 amide bonds. The lowest BCUT2D eigenvalue weighted by Crippen LogP contribution is -2.36. The van der Waals surface area contributed by atoms with Crippen LogP contribution in [0.5, 0.6) is 0 Å². The van der Waals surface area contributed by atoms with Crippen LogP contribution in [0.1, 0.15) is 25.6 Å². The number of benzene rings is 1. The summed E-state index contributed by atoms with van der Waals surface area (Å²) < 4.78 is 0. The van der Waals surface area contributed by atoms with Crippen LogP contribution in [0.25, 0.3) is 11.0 Å². The van der Waals surface area contributed by atoms with Gasteiger partial charge in [-0.25, -0.2) is 4.98 Å². The number of fused-ring (bicyclic) bond motifs is 1. The van der Waals surface area contributed by atoms with Gasteiger partial charge in [-0.3, -0.25) is 9.89 Å². The van der Waals surface area contributed by atoms with E-state index in [4.69, 9.17) is 5.73 Å². The number of aliphatic imine (C=N–C) groups is 1. The molecule has 0 aliphatic carbocycles. The van der Waals surface area contributed by atoms with Gasteiger partial charge in [0.1, 0.15) is 5.82 Å². The molecule has 2 aromatic rings. The number of halogens is 1. The quantitative estimate of drug-likeness (QED) is 0.364. The van der Waals surface area contributed by atoms with Crippen LogP contribution >= 0.6 is 24.0 Å². The zero-order valence-corrected chi connectivity index (χ0v) is 16.5. The third kappa shape index (κ3) is 4.83. The van der Waals surface area contributed by atoms with E-state index in [0.717, 1.165) is 42.9 Å². The number of para-hydroxylation sites is 2. The van der Waals surface area contributed by atoms with Crippen molar-refractivity contribution in [2.45, 2.75) is 32.2 Å². The lowest BCUT2D eigenvalue weighted by Gasteiger charge is -2.20. The van der Waals surface area contributed by atoms with Crippen molar-refractivity contribution in [1.29, 1.82) is 0 Å². The first-order chi connectivity index (χ1) is 11.3. The number of aromatic nitrogens is 2. The highest BCUT2D eigenvalue weighted by Gasteiger charge is 2.22. The molecule has 0 spiro atoms. The highest BCUT2D eigenvalue weighted by Crippen LogP contribution is 2.16. The van der Waals surface area contributed by atoms with Crippen molar-refractivity contribution < 1.29 is 0 Å². The summed E-state index contributed by atoms with van der Waals surface area (Å²) in [7, 11) is 0. The van der Waals surface area contributed by atoms with E-state index in [1.165, 1.54) is 19.4 Å². The van der Waals surface area contributed by atoms with Gasteiger partial charge in [0.05, 0.1) is 17.6 Å². The molecule has 4 N–H and O–H groups in total. The normalized spacial score (nSPS) is 18.7. The number of H-pyrrole nitrogens is 1. The molecule has 0 radical (unpaired) electrons. The van der Waals surface area contributed by atoms with E-state index in [2.05, 4.69) is 32.1 Å². The summed E-state index contributed by atoms with van der Waals surface area (Å²) in [5.41, 5.74) is 8.05. The summed E-state index contributed by atoms with van der Waals surface area (Å²) in [6.45, 7) is 6.02. The first-order valence-corrected chi connectivity index (χ1v) is 8.47. The number of imidazole rings is 1. The molecule has 1 atom stereocenters. The summed E-state index contributed by atoms with van der Waals surface area (Å²) in [6.07, 6.45) is 3.30. The molecule has 1 aromatic carbocycles. The average Bonchev–Trinajstić information content (AvgIpc) is 3.18. The Morgan fingerprint density at radius 2 is 2.29 bits per heavy atom. The van der Waals surface area contributed by atoms with Crippen LogP contribution in [0.15, 0.2) is 29.3 Å². The summed E-state index contributed by atoms with van der Waals surface area (Å²) >= 11 is 0. The van der Waals surface area contributed by atoms with Crippen molar-refractivity contribution in [2.24, 2.45) is 10.7 Å². The van der Waals surface area contributed by atoms with Crippen molar-refractivity contribution in [1.82, 2.24) is 20.2 Å². The zero-order valence-electron chi connectivity index (χ0n) is 14.2. The van der Waals surface area contributed by atoms with Gasteiger partial charge in [0, 0.05) is 19.0 Å². The fraction of sp³-hybridized carbons (Fsp3) is 0.529. The molecule has 2 heterocycles. The molecule has 0 saturated carbocycles. The van der Waals surface area contributed by atoms with Gasteiger partial charge in [0.15, 0.2) is 5.96 Å². The summed E-state index contributed by atoms with van der Waals surface area (Å²) in [4.78, 5) is 14.8. The monoisotopic (exact) mass is 442 g/mol. The van der Waals surface area contributed by atoms with Gasteiger partial charge in [-0.2, -0.15) is 0 Å². The highest BCUT2D eigenvalue weighted by molar-refractivity contribution is 14.0. The molecule has 0 bridgehead atoms. The van der Waals surface area contributed by atoms with Crippen LogP contribution in [0.2, 0.25) is 0 Å². The smallest absolute Gasteiger partial charge is 0.188 e. The van der Waals surface area contributed by atoms with Gasteiger partial charge in [0.25, 0.3) is 0 Å². The molecule has 3 rings (SSSR count). The van der Waals surface area contributed by atoms with Gasteiger partial charge in [0.2, 0.25) is 0 Å². The number of aromatic amines is 1. The lowest BCUT2D eigenvalue weighted by molar-refractivity contribution is 0.273. The number of hydrogen-bond donors (Lipinski definition) is 3. The summed E-state index contributed by atoms with van der Waals surface area (Å²) in [6, 6.07) is 8.61. The Bertz CT molecular complexity index is 635. The molecule has 6 nitrogen and oxygen atoms in total. The average molecular weight is 442 g/mol. The van der Waals surface area contributed by atoms with E-state index >= 15 is 0 Å². The van der Waals surface area contributed by atoms with Crippen molar-refractivity contribution >= 4 is 41.0 Å². The minimum atomic E-state index is 0. The molecule has 1 aliphatic heterocycles. The summed E-state index contributed by atoms with van der Waals surface area (Å²) in [5, 5.41) is 3.18. The third-order valence-electron chi connectivity index (χ3n) is 4.48. The Labute approximate surface area is 160 Å². The van der Waals surface area contributed by atoms with E-state index in [1.807, 2.05) is 24.3 Å². The van der Waals surface area contributed by atoms with Crippen LogP contribution in [0.3, 0.4) is 0 Å². The van der Waals surface area contributed by atoms with Gasteiger partial charge < -0.3 is 16.0 Å². The van der Waals surface area contributed by atoms with Crippen molar-refractivity contribution in [3.8, 4) is 0 Å². The largest absolute Gasteiger partial charge is 0.370 e. The van der Waals surface area contributed by atoms with E-state index in [0.29, 0.717) is 12.0 Å². The zero-order chi connectivity index (χ0) is 16.1. The molecule has 1 unspecified atom stereocenters. The number of nitrogens with one attached hydrogen (secondary N) is 2. The molecule has 1 fully saturated rings. The minimum Gasteiger partial charge on any atom is -0.370 e. The number of likely N-dealkylation sites (N-methyl/N-ethyl adjacent to an activating group) is 1. The molecule has 1 saturated heterocycles. The molecular formula is C17H27IN6. The number of nitrogens with two attached hydrogens (primary N) is 1. The van der Waals surface area contributed by atoms with E-state index < -0.39 is 0 Å². The second-order valence-corrected chi connectivity index (χ2v) is 6.03. The Morgan fingerprint density at radius 1 is 1.46 bits per heavy atom. The van der Waals surface area contributed by atoms with E-state index in [-0.39, 0.29) is 24.0 Å². The first-order valence-electron chi connectivity index (χ1n) is 8.47. The second-order valence-electron chi connectivity index (χ2n) is 6.03. The number of guanidine groups is 1. The fourth-order valence-electron chi connectivity index (χ4n) is 3.21. The fourth-order valence-corrected chi connectivity index (χ4v) is 3.21. The molecule has 132 valence electrons. The topological polar surface area (TPSA) is 82.3 Å². The van der Waals surface area contributed by atoms with Crippen LogP contribution in [-0.4, -0.2) is 53.0 Å². The van der Waals surface area contributed by atoms with E-state index in [9.17, 15) is 0 Å². The maximum atomic E-state index is 5.97. The van der Waals surface area contributed by atoms with Crippen molar-refractivity contribution in [3.05, 3.63) is 30.1 Å². The predicted molar refractivity (Wildman–Crippen MR) is 110 cm³/mol. The Balaban J connectivity index is 0.00000208. The molecule has 1 aromatic heterocycles. The molecule has 24 heavy (non-hydrogen) atoms. The predicted octanol–water partition coefficient (Wildman–Crippen LogP) is 2.11. The van der Waals surface area contributed by atoms with Crippen LogP contribution < -0.4 is 11.1 Å². The third-order valence-corrected chi connectivity index (χ3v) is 4.48. The van der Waals surface area contributed by atoms with Crippen LogP contribution in [-0.2, 0) is 6.42 Å². The minimum absolute atomic E-state index is 0. The first kappa shape index (κ1) is 19.0. The lowest BCUT2D eigenvalue weighted by atomic mass is 10.2. The van der Waals surface area contributed by atoms with Crippen LogP contribution in [0.4, 0.5) is 0 Å². The highest BCUT2D eigenvalue weighted by atomic mass is 127. The number of nitrogens with zero attached hydrogens (tertiary/aromatic N) is 3. The Hall–Kier alpha value is -1.35.